The van der Waals surface area contributed by atoms with Crippen LogP contribution in [0, 0.1) is 5.41 Å². The molecule has 2 N–H and O–H groups in total. The second-order valence-corrected chi connectivity index (χ2v) is 7.72. The molecule has 1 atom stereocenters. The van der Waals surface area contributed by atoms with E-state index in [1.807, 2.05) is 0 Å². The molecule has 2 rings (SSSR count). The van der Waals surface area contributed by atoms with Gasteiger partial charge in [-0.15, -0.1) is 24.0 Å². The van der Waals surface area contributed by atoms with Crippen LogP contribution in [0.5, 0.6) is 0 Å². The minimum absolute atomic E-state index is 0. The van der Waals surface area contributed by atoms with Crippen molar-refractivity contribution in [3.63, 3.8) is 0 Å². The maximum atomic E-state index is 12.0. The summed E-state index contributed by atoms with van der Waals surface area (Å²) in [5.74, 6) is 1.27. The fourth-order valence-corrected chi connectivity index (χ4v) is 4.33. The van der Waals surface area contributed by atoms with E-state index in [-0.39, 0.29) is 24.0 Å². The molecule has 0 bridgehead atoms. The molecule has 1 unspecified atom stereocenters. The third-order valence-corrected chi connectivity index (χ3v) is 6.12. The molecule has 1 amide bonds. The highest BCUT2D eigenvalue weighted by molar-refractivity contribution is 14.0. The fraction of sp³-hybridized carbons (Fsp3) is 0.900. The number of hydrogen-bond acceptors (Lipinski definition) is 2. The molecule has 1 heterocycles. The maximum Gasteiger partial charge on any atom is 0.222 e. The third kappa shape index (κ3) is 6.57. The Morgan fingerprint density at radius 1 is 1.19 bits per heavy atom. The maximum absolute atomic E-state index is 12.0. The molecule has 0 aromatic rings. The van der Waals surface area contributed by atoms with E-state index >= 15 is 0 Å². The molecule has 1 saturated heterocycles. The Morgan fingerprint density at radius 2 is 1.92 bits per heavy atom. The number of amides is 1. The van der Waals surface area contributed by atoms with Crippen molar-refractivity contribution in [1.82, 2.24) is 15.5 Å². The van der Waals surface area contributed by atoms with Gasteiger partial charge in [0.1, 0.15) is 0 Å². The summed E-state index contributed by atoms with van der Waals surface area (Å²) in [6.45, 7) is 10.2. The zero-order valence-corrected chi connectivity index (χ0v) is 19.3. The molecule has 1 aliphatic carbocycles. The smallest absolute Gasteiger partial charge is 0.222 e. The molecule has 0 aromatic heterocycles. The van der Waals surface area contributed by atoms with E-state index in [0.717, 1.165) is 57.8 Å². The number of rotatable bonds is 9. The first-order valence-corrected chi connectivity index (χ1v) is 10.5. The van der Waals surface area contributed by atoms with Crippen LogP contribution in [-0.2, 0) is 4.79 Å². The summed E-state index contributed by atoms with van der Waals surface area (Å²) in [5.41, 5.74) is 0.427. The Morgan fingerprint density at radius 3 is 2.46 bits per heavy atom. The quantitative estimate of drug-likeness (QED) is 0.300. The number of carbonyl (C=O) groups excluding carboxylic acids is 1. The van der Waals surface area contributed by atoms with E-state index < -0.39 is 0 Å². The van der Waals surface area contributed by atoms with Crippen LogP contribution < -0.4 is 10.6 Å². The van der Waals surface area contributed by atoms with Gasteiger partial charge in [-0.3, -0.25) is 9.79 Å². The van der Waals surface area contributed by atoms with Crippen molar-refractivity contribution in [2.24, 2.45) is 10.4 Å². The summed E-state index contributed by atoms with van der Waals surface area (Å²) in [5, 5.41) is 6.87. The van der Waals surface area contributed by atoms with Crippen molar-refractivity contribution in [3.05, 3.63) is 0 Å². The summed E-state index contributed by atoms with van der Waals surface area (Å²) < 4.78 is 0. The first-order valence-electron chi connectivity index (χ1n) is 10.5. The molecule has 2 fully saturated rings. The van der Waals surface area contributed by atoms with Gasteiger partial charge in [0.2, 0.25) is 5.91 Å². The van der Waals surface area contributed by atoms with E-state index in [4.69, 9.17) is 4.99 Å². The molecule has 0 radical (unpaired) electrons. The molecule has 2 aliphatic rings. The van der Waals surface area contributed by atoms with Gasteiger partial charge in [-0.05, 0) is 50.9 Å². The highest BCUT2D eigenvalue weighted by atomic mass is 127. The van der Waals surface area contributed by atoms with Crippen LogP contribution >= 0.6 is 24.0 Å². The molecule has 26 heavy (non-hydrogen) atoms. The Bertz CT molecular complexity index is 449. The molecule has 1 aliphatic heterocycles. The molecular formula is C20H39IN4O. The van der Waals surface area contributed by atoms with E-state index in [9.17, 15) is 4.79 Å². The standard InChI is InChI=1S/C20H38N4O.HI/c1-4-17(24-15-9-10-18(24)25)11-14-22-19(21-6-3)23-16-20(5-2)12-7-8-13-20;/h17H,4-16H2,1-3H3,(H2,21,22,23);1H. The molecule has 0 aromatic carbocycles. The van der Waals surface area contributed by atoms with Crippen molar-refractivity contribution in [3.8, 4) is 0 Å². The average molecular weight is 478 g/mol. The predicted molar refractivity (Wildman–Crippen MR) is 120 cm³/mol. The summed E-state index contributed by atoms with van der Waals surface area (Å²) in [7, 11) is 0. The number of nitrogens with one attached hydrogen (secondary N) is 2. The number of guanidine groups is 1. The summed E-state index contributed by atoms with van der Waals surface area (Å²) in [6.07, 6.45) is 10.4. The molecule has 5 nitrogen and oxygen atoms in total. The van der Waals surface area contributed by atoms with E-state index in [1.54, 1.807) is 0 Å². The van der Waals surface area contributed by atoms with E-state index in [0.29, 0.717) is 17.4 Å². The molecule has 1 saturated carbocycles. The van der Waals surface area contributed by atoms with Crippen LogP contribution in [0.1, 0.15) is 78.6 Å². The first kappa shape index (κ1) is 23.5. The lowest BCUT2D eigenvalue weighted by Gasteiger charge is -2.28. The number of halogens is 1. The lowest BCUT2D eigenvalue weighted by Crippen LogP contribution is -2.42. The number of nitrogens with zero attached hydrogens (tertiary/aromatic N) is 2. The molecular weight excluding hydrogens is 439 g/mol. The van der Waals surface area contributed by atoms with Crippen molar-refractivity contribution < 1.29 is 4.79 Å². The normalized spacial score (nSPS) is 20.8. The van der Waals surface area contributed by atoms with Crippen molar-refractivity contribution in [1.29, 1.82) is 0 Å². The lowest BCUT2D eigenvalue weighted by molar-refractivity contribution is -0.129. The topological polar surface area (TPSA) is 56.7 Å². The van der Waals surface area contributed by atoms with Gasteiger partial charge in [-0.1, -0.05) is 26.7 Å². The predicted octanol–water partition coefficient (Wildman–Crippen LogP) is 3.92. The molecule has 0 spiro atoms. The van der Waals surface area contributed by atoms with Gasteiger partial charge in [0.05, 0.1) is 0 Å². The Labute approximate surface area is 177 Å². The van der Waals surface area contributed by atoms with Crippen LogP contribution in [0.3, 0.4) is 0 Å². The second kappa shape index (κ2) is 12.0. The van der Waals surface area contributed by atoms with E-state index in [2.05, 4.69) is 36.3 Å². The van der Waals surface area contributed by atoms with Crippen LogP contribution in [0.2, 0.25) is 0 Å². The van der Waals surface area contributed by atoms with Crippen molar-refractivity contribution >= 4 is 35.8 Å². The SMILES string of the molecule is CCNC(=NCC1(CC)CCCC1)NCCC(CC)N1CCCC1=O.I. The second-order valence-electron chi connectivity index (χ2n) is 7.72. The lowest BCUT2D eigenvalue weighted by atomic mass is 9.84. The summed E-state index contributed by atoms with van der Waals surface area (Å²) >= 11 is 0. The van der Waals surface area contributed by atoms with Crippen LogP contribution in [0.4, 0.5) is 0 Å². The number of hydrogen-bond donors (Lipinski definition) is 2. The Kier molecular flexibility index (Phi) is 10.9. The zero-order chi connectivity index (χ0) is 18.1. The van der Waals surface area contributed by atoms with Crippen molar-refractivity contribution in [2.45, 2.75) is 84.6 Å². The fourth-order valence-electron chi connectivity index (χ4n) is 4.33. The number of aliphatic imine (C=N–C) groups is 1. The van der Waals surface area contributed by atoms with Gasteiger partial charge in [0.25, 0.3) is 0 Å². The van der Waals surface area contributed by atoms with Gasteiger partial charge in [0.15, 0.2) is 5.96 Å². The van der Waals surface area contributed by atoms with Gasteiger partial charge in [-0.25, -0.2) is 0 Å². The Hall–Kier alpha value is -0.530. The van der Waals surface area contributed by atoms with Crippen molar-refractivity contribution in [2.75, 3.05) is 26.2 Å². The average Bonchev–Trinajstić information content (AvgIpc) is 3.26. The number of carbonyl (C=O) groups is 1. The molecule has 6 heteroatoms. The summed E-state index contributed by atoms with van der Waals surface area (Å²) in [4.78, 5) is 18.9. The third-order valence-electron chi connectivity index (χ3n) is 6.12. The Balaban J connectivity index is 0.00000338. The minimum atomic E-state index is 0. The van der Waals surface area contributed by atoms with Gasteiger partial charge in [0, 0.05) is 38.6 Å². The minimum Gasteiger partial charge on any atom is -0.357 e. The largest absolute Gasteiger partial charge is 0.357 e. The number of likely N-dealkylation sites (tertiary alicyclic amines) is 1. The molecule has 152 valence electrons. The first-order chi connectivity index (χ1) is 12.1. The monoisotopic (exact) mass is 478 g/mol. The van der Waals surface area contributed by atoms with Gasteiger partial charge < -0.3 is 15.5 Å². The van der Waals surface area contributed by atoms with Gasteiger partial charge >= 0.3 is 0 Å². The highest BCUT2D eigenvalue weighted by Gasteiger charge is 2.31. The zero-order valence-electron chi connectivity index (χ0n) is 17.0. The van der Waals surface area contributed by atoms with Crippen LogP contribution in [0.25, 0.3) is 0 Å². The van der Waals surface area contributed by atoms with Crippen LogP contribution in [-0.4, -0.2) is 49.0 Å². The van der Waals surface area contributed by atoms with Crippen LogP contribution in [0.15, 0.2) is 4.99 Å². The van der Waals surface area contributed by atoms with E-state index in [1.165, 1.54) is 32.1 Å². The summed E-state index contributed by atoms with van der Waals surface area (Å²) in [6, 6.07) is 0.363. The van der Waals surface area contributed by atoms with Gasteiger partial charge in [-0.2, -0.15) is 0 Å². The highest BCUT2D eigenvalue weighted by Crippen LogP contribution is 2.41.